The summed E-state index contributed by atoms with van der Waals surface area (Å²) in [4.78, 5) is 28.0. The Balaban J connectivity index is 1.63. The van der Waals surface area contributed by atoms with Crippen molar-refractivity contribution in [3.8, 4) is 5.75 Å². The van der Waals surface area contributed by atoms with Crippen LogP contribution in [0, 0.1) is 0 Å². The van der Waals surface area contributed by atoms with Gasteiger partial charge in [0.15, 0.2) is 0 Å². The summed E-state index contributed by atoms with van der Waals surface area (Å²) in [5.74, 6) is -0.774. The minimum absolute atomic E-state index is 0.193. The van der Waals surface area contributed by atoms with Crippen LogP contribution >= 0.6 is 0 Å². The molecule has 0 bridgehead atoms. The van der Waals surface area contributed by atoms with Crippen molar-refractivity contribution >= 4 is 28.5 Å². The molecular formula is C26H20N2O5. The highest BCUT2D eigenvalue weighted by Crippen LogP contribution is 2.37. The zero-order chi connectivity index (χ0) is 22.9. The number of allylic oxidation sites excluding steroid dienone is 1. The van der Waals surface area contributed by atoms with Gasteiger partial charge in [-0.1, -0.05) is 30.3 Å². The first-order chi connectivity index (χ1) is 16.0. The minimum Gasteiger partial charge on any atom is -0.488 e. The first-order valence-electron chi connectivity index (χ1n) is 10.4. The van der Waals surface area contributed by atoms with Gasteiger partial charge in [0.25, 0.3) is 0 Å². The molecule has 4 aromatic rings. The third-order valence-electron chi connectivity index (χ3n) is 5.74. The van der Waals surface area contributed by atoms with Gasteiger partial charge in [-0.15, -0.1) is 0 Å². The fourth-order valence-electron chi connectivity index (χ4n) is 4.07. The van der Waals surface area contributed by atoms with E-state index >= 15 is 0 Å². The van der Waals surface area contributed by atoms with Crippen LogP contribution in [0.25, 0.3) is 16.6 Å². The molecule has 3 aromatic carbocycles. The molecule has 164 valence electrons. The standard InChI is InChI=1S/C26H20N2O5/c1-32-26(31)17-6-8-22-23(13-17)28(15-27-22)11-10-20-19-5-3-2-4-18(19)14-33-24-9-7-16(25(29)30)12-21(20)24/h2-10,12-13,15H,11,14H2,1H3,(H,29,30)/b20-10+. The Bertz CT molecular complexity index is 1430. The highest BCUT2D eigenvalue weighted by atomic mass is 16.5. The molecule has 0 saturated carbocycles. The number of hydrogen-bond acceptors (Lipinski definition) is 5. The van der Waals surface area contributed by atoms with Gasteiger partial charge in [-0.25, -0.2) is 14.6 Å². The molecule has 33 heavy (non-hydrogen) atoms. The lowest BCUT2D eigenvalue weighted by atomic mass is 9.93. The Morgan fingerprint density at radius 1 is 1.09 bits per heavy atom. The van der Waals surface area contributed by atoms with Crippen molar-refractivity contribution in [2.24, 2.45) is 0 Å². The van der Waals surface area contributed by atoms with Crippen LogP contribution in [-0.2, 0) is 17.9 Å². The van der Waals surface area contributed by atoms with Crippen LogP contribution < -0.4 is 4.74 Å². The summed E-state index contributed by atoms with van der Waals surface area (Å²) in [6, 6.07) is 18.0. The monoisotopic (exact) mass is 440 g/mol. The first-order valence-corrected chi connectivity index (χ1v) is 10.4. The fraction of sp³-hybridized carbons (Fsp3) is 0.115. The van der Waals surface area contributed by atoms with E-state index in [2.05, 4.69) is 4.98 Å². The number of methoxy groups -OCH3 is 1. The Morgan fingerprint density at radius 3 is 2.73 bits per heavy atom. The lowest BCUT2D eigenvalue weighted by Crippen LogP contribution is -2.02. The average Bonchev–Trinajstić information content (AvgIpc) is 3.17. The largest absolute Gasteiger partial charge is 0.488 e. The number of carbonyl (C=O) groups is 2. The number of esters is 1. The zero-order valence-corrected chi connectivity index (χ0v) is 17.8. The number of carbonyl (C=O) groups excluding carboxylic acids is 1. The van der Waals surface area contributed by atoms with E-state index in [0.29, 0.717) is 24.5 Å². The van der Waals surface area contributed by atoms with Crippen LogP contribution in [-0.4, -0.2) is 33.7 Å². The zero-order valence-electron chi connectivity index (χ0n) is 17.8. The number of aromatic nitrogens is 2. The molecular weight excluding hydrogens is 420 g/mol. The van der Waals surface area contributed by atoms with E-state index < -0.39 is 11.9 Å². The van der Waals surface area contributed by atoms with Gasteiger partial charge in [-0.2, -0.15) is 0 Å². The van der Waals surface area contributed by atoms with Crippen molar-refractivity contribution in [2.45, 2.75) is 13.2 Å². The van der Waals surface area contributed by atoms with Crippen LogP contribution in [0.4, 0.5) is 0 Å². The molecule has 1 aliphatic rings. The Hall–Kier alpha value is -4.39. The van der Waals surface area contributed by atoms with Gasteiger partial charge in [0.2, 0.25) is 0 Å². The predicted octanol–water partition coefficient (Wildman–Crippen LogP) is 4.55. The van der Waals surface area contributed by atoms with Gasteiger partial charge in [-0.3, -0.25) is 0 Å². The number of aromatic carboxylic acids is 1. The van der Waals surface area contributed by atoms with Crippen molar-refractivity contribution in [1.82, 2.24) is 9.55 Å². The minimum atomic E-state index is -0.995. The van der Waals surface area contributed by atoms with E-state index in [0.717, 1.165) is 33.3 Å². The van der Waals surface area contributed by atoms with E-state index in [1.807, 2.05) is 34.9 Å². The molecule has 7 nitrogen and oxygen atoms in total. The van der Waals surface area contributed by atoms with Crippen molar-refractivity contribution in [3.05, 3.63) is 101 Å². The third kappa shape index (κ3) is 3.74. The quantitative estimate of drug-likeness (QED) is 0.469. The second kappa shape index (κ2) is 8.27. The predicted molar refractivity (Wildman–Crippen MR) is 122 cm³/mol. The van der Waals surface area contributed by atoms with Gasteiger partial charge < -0.3 is 19.1 Å². The molecule has 1 aromatic heterocycles. The molecule has 7 heteroatoms. The lowest BCUT2D eigenvalue weighted by molar-refractivity contribution is 0.0600. The number of benzene rings is 3. The number of nitrogens with zero attached hydrogens (tertiary/aromatic N) is 2. The maximum atomic E-state index is 12.0. The SMILES string of the molecule is COC(=O)c1ccc2ncn(C/C=C3\c4ccccc4COc4ccc(C(=O)O)cc43)c2c1. The van der Waals surface area contributed by atoms with Crippen molar-refractivity contribution in [3.63, 3.8) is 0 Å². The van der Waals surface area contributed by atoms with Crippen LogP contribution in [0.2, 0.25) is 0 Å². The van der Waals surface area contributed by atoms with Gasteiger partial charge in [0.1, 0.15) is 12.4 Å². The second-order valence-corrected chi connectivity index (χ2v) is 7.67. The molecule has 0 fully saturated rings. The van der Waals surface area contributed by atoms with E-state index in [-0.39, 0.29) is 5.56 Å². The number of fused-ring (bicyclic) bond motifs is 3. The van der Waals surface area contributed by atoms with Gasteiger partial charge in [0.05, 0.1) is 35.6 Å². The molecule has 1 N–H and O–H groups in total. The molecule has 5 rings (SSSR count). The highest BCUT2D eigenvalue weighted by molar-refractivity contribution is 5.94. The smallest absolute Gasteiger partial charge is 0.337 e. The number of rotatable bonds is 4. The molecule has 0 amide bonds. The molecule has 0 unspecified atom stereocenters. The van der Waals surface area contributed by atoms with Gasteiger partial charge in [0, 0.05) is 12.1 Å². The summed E-state index contributed by atoms with van der Waals surface area (Å²) in [7, 11) is 1.35. The average molecular weight is 440 g/mol. The summed E-state index contributed by atoms with van der Waals surface area (Å²) < 4.78 is 12.8. The van der Waals surface area contributed by atoms with Crippen LogP contribution in [0.5, 0.6) is 5.75 Å². The van der Waals surface area contributed by atoms with E-state index in [9.17, 15) is 14.7 Å². The number of ether oxygens (including phenoxy) is 2. The Morgan fingerprint density at radius 2 is 1.91 bits per heavy atom. The number of carboxylic acids is 1. The normalized spacial score (nSPS) is 13.7. The molecule has 0 aliphatic carbocycles. The summed E-state index contributed by atoms with van der Waals surface area (Å²) in [6.07, 6.45) is 3.75. The topological polar surface area (TPSA) is 90.6 Å². The molecule has 2 heterocycles. The van der Waals surface area contributed by atoms with Crippen molar-refractivity contribution in [1.29, 1.82) is 0 Å². The van der Waals surface area contributed by atoms with Gasteiger partial charge in [-0.05, 0) is 53.1 Å². The highest BCUT2D eigenvalue weighted by Gasteiger charge is 2.20. The third-order valence-corrected chi connectivity index (χ3v) is 5.74. The molecule has 0 saturated heterocycles. The first kappa shape index (κ1) is 20.5. The molecule has 0 atom stereocenters. The number of imidazole rings is 1. The second-order valence-electron chi connectivity index (χ2n) is 7.67. The summed E-state index contributed by atoms with van der Waals surface area (Å²) in [5.41, 5.74) is 5.81. The lowest BCUT2D eigenvalue weighted by Gasteiger charge is -2.12. The summed E-state index contributed by atoms with van der Waals surface area (Å²) in [5, 5.41) is 9.52. The maximum Gasteiger partial charge on any atom is 0.337 e. The molecule has 0 spiro atoms. The number of hydrogen-bond donors (Lipinski definition) is 1. The van der Waals surface area contributed by atoms with Crippen molar-refractivity contribution < 1.29 is 24.2 Å². The fourth-order valence-corrected chi connectivity index (χ4v) is 4.07. The summed E-state index contributed by atoms with van der Waals surface area (Å²) >= 11 is 0. The van der Waals surface area contributed by atoms with Crippen LogP contribution in [0.15, 0.2) is 73.1 Å². The maximum absolute atomic E-state index is 12.0. The number of carboxylic acid groups (broad SMARTS) is 1. The molecule has 0 radical (unpaired) electrons. The summed E-state index contributed by atoms with van der Waals surface area (Å²) in [6.45, 7) is 0.852. The molecule has 1 aliphatic heterocycles. The van der Waals surface area contributed by atoms with E-state index in [1.54, 1.807) is 42.7 Å². The Kier molecular flexibility index (Phi) is 5.14. The van der Waals surface area contributed by atoms with Crippen molar-refractivity contribution in [2.75, 3.05) is 7.11 Å². The Labute approximate surface area is 189 Å². The van der Waals surface area contributed by atoms with Gasteiger partial charge >= 0.3 is 11.9 Å². The van der Waals surface area contributed by atoms with Crippen LogP contribution in [0.3, 0.4) is 0 Å². The van der Waals surface area contributed by atoms with E-state index in [1.165, 1.54) is 7.11 Å². The van der Waals surface area contributed by atoms with E-state index in [4.69, 9.17) is 9.47 Å². The van der Waals surface area contributed by atoms with Crippen LogP contribution in [0.1, 0.15) is 37.4 Å².